The number of carbonyl (C=O) groups excluding carboxylic acids is 1. The van der Waals surface area contributed by atoms with Gasteiger partial charge in [-0.15, -0.1) is 0 Å². The summed E-state index contributed by atoms with van der Waals surface area (Å²) < 4.78 is 4.91. The van der Waals surface area contributed by atoms with E-state index in [9.17, 15) is 9.59 Å². The number of likely N-dealkylation sites (tertiary alicyclic amines) is 1. The van der Waals surface area contributed by atoms with Gasteiger partial charge in [0.1, 0.15) is 6.10 Å². The summed E-state index contributed by atoms with van der Waals surface area (Å²) in [5, 5.41) is 9.00. The molecule has 2 atom stereocenters. The van der Waals surface area contributed by atoms with Gasteiger partial charge in [-0.3, -0.25) is 9.59 Å². The fraction of sp³-hybridized carbons (Fsp3) is 0.800. The van der Waals surface area contributed by atoms with Crippen LogP contribution in [0.25, 0.3) is 0 Å². The van der Waals surface area contributed by atoms with Crippen molar-refractivity contribution in [2.45, 2.75) is 26.4 Å². The van der Waals surface area contributed by atoms with Gasteiger partial charge in [0.05, 0.1) is 5.41 Å². The van der Waals surface area contributed by atoms with Crippen LogP contribution in [0.15, 0.2) is 0 Å². The maximum absolute atomic E-state index is 11.7. The molecule has 5 heteroatoms. The number of carbonyl (C=O) groups is 2. The molecule has 1 fully saturated rings. The number of carboxylic acids is 1. The lowest BCUT2D eigenvalue weighted by atomic mass is 9.90. The molecule has 0 aromatic carbocycles. The van der Waals surface area contributed by atoms with Gasteiger partial charge in [0.15, 0.2) is 0 Å². The fourth-order valence-electron chi connectivity index (χ4n) is 1.68. The van der Waals surface area contributed by atoms with Gasteiger partial charge in [0.2, 0.25) is 0 Å². The molecule has 15 heavy (non-hydrogen) atoms. The highest BCUT2D eigenvalue weighted by Crippen LogP contribution is 2.30. The van der Waals surface area contributed by atoms with Crippen LogP contribution in [0.3, 0.4) is 0 Å². The molecule has 0 bridgehead atoms. The van der Waals surface area contributed by atoms with Crippen molar-refractivity contribution in [3.8, 4) is 0 Å². The van der Waals surface area contributed by atoms with Crippen LogP contribution < -0.4 is 0 Å². The first-order valence-electron chi connectivity index (χ1n) is 4.96. The zero-order chi connectivity index (χ0) is 11.6. The van der Waals surface area contributed by atoms with E-state index in [0.29, 0.717) is 13.0 Å². The van der Waals surface area contributed by atoms with Crippen molar-refractivity contribution < 1.29 is 19.4 Å². The van der Waals surface area contributed by atoms with E-state index in [1.807, 2.05) is 0 Å². The van der Waals surface area contributed by atoms with E-state index in [0.717, 1.165) is 0 Å². The molecule has 1 aliphatic heterocycles. The number of hydrogen-bond acceptors (Lipinski definition) is 3. The number of carboxylic acid groups (broad SMARTS) is 1. The highest BCUT2D eigenvalue weighted by Gasteiger charge is 2.42. The zero-order valence-electron chi connectivity index (χ0n) is 9.32. The molecule has 1 amide bonds. The lowest BCUT2D eigenvalue weighted by Gasteiger charge is -2.22. The van der Waals surface area contributed by atoms with Crippen molar-refractivity contribution in [3.63, 3.8) is 0 Å². The lowest BCUT2D eigenvalue weighted by Crippen LogP contribution is -2.39. The predicted octanol–water partition coefficient (Wildman–Crippen LogP) is 0.344. The standard InChI is InChI=1S/C10H17NO4/c1-7(15-3)8(12)11-5-4-10(2,6-11)9(13)14/h7H,4-6H2,1-3H3,(H,13,14). The molecule has 86 valence electrons. The van der Waals surface area contributed by atoms with Gasteiger partial charge in [0.25, 0.3) is 5.91 Å². The minimum absolute atomic E-state index is 0.137. The Morgan fingerprint density at radius 3 is 2.53 bits per heavy atom. The summed E-state index contributed by atoms with van der Waals surface area (Å²) in [6, 6.07) is 0. The van der Waals surface area contributed by atoms with Crippen LogP contribution >= 0.6 is 0 Å². The molecule has 1 heterocycles. The maximum atomic E-state index is 11.7. The Hall–Kier alpha value is -1.10. The quantitative estimate of drug-likeness (QED) is 0.737. The third-order valence-corrected chi connectivity index (χ3v) is 3.00. The number of methoxy groups -OCH3 is 1. The van der Waals surface area contributed by atoms with Crippen LogP contribution in [0.4, 0.5) is 0 Å². The van der Waals surface area contributed by atoms with Crippen molar-refractivity contribution in [2.75, 3.05) is 20.2 Å². The smallest absolute Gasteiger partial charge is 0.311 e. The van der Waals surface area contributed by atoms with E-state index in [2.05, 4.69) is 0 Å². The number of hydrogen-bond donors (Lipinski definition) is 1. The highest BCUT2D eigenvalue weighted by atomic mass is 16.5. The average Bonchev–Trinajstić information content (AvgIpc) is 2.60. The summed E-state index contributed by atoms with van der Waals surface area (Å²) >= 11 is 0. The molecule has 0 radical (unpaired) electrons. The summed E-state index contributed by atoms with van der Waals surface area (Å²) in [6.07, 6.45) is 0.00553. The van der Waals surface area contributed by atoms with E-state index in [1.165, 1.54) is 7.11 Å². The second-order valence-corrected chi connectivity index (χ2v) is 4.25. The Balaban J connectivity index is 2.64. The molecular formula is C10H17NO4. The molecule has 0 aromatic rings. The Morgan fingerprint density at radius 2 is 2.13 bits per heavy atom. The van der Waals surface area contributed by atoms with Crippen LogP contribution in [0.1, 0.15) is 20.3 Å². The van der Waals surface area contributed by atoms with Crippen LogP contribution in [0.5, 0.6) is 0 Å². The molecule has 2 unspecified atom stereocenters. The SMILES string of the molecule is COC(C)C(=O)N1CCC(C)(C(=O)O)C1. The number of aliphatic carboxylic acids is 1. The summed E-state index contributed by atoms with van der Waals surface area (Å²) in [5.41, 5.74) is -0.802. The van der Waals surface area contributed by atoms with Gasteiger partial charge in [0, 0.05) is 20.2 Å². The molecule has 0 aliphatic carbocycles. The Bertz CT molecular complexity index is 279. The lowest BCUT2D eigenvalue weighted by molar-refractivity contribution is -0.148. The third-order valence-electron chi connectivity index (χ3n) is 3.00. The summed E-state index contributed by atoms with van der Waals surface area (Å²) in [7, 11) is 1.47. The van der Waals surface area contributed by atoms with Gasteiger partial charge >= 0.3 is 5.97 Å². The van der Waals surface area contributed by atoms with Gasteiger partial charge in [-0.25, -0.2) is 0 Å². The van der Waals surface area contributed by atoms with Crippen LogP contribution in [-0.4, -0.2) is 48.2 Å². The van der Waals surface area contributed by atoms with Gasteiger partial charge in [-0.2, -0.15) is 0 Å². The molecule has 1 rings (SSSR count). The van der Waals surface area contributed by atoms with Crippen molar-refractivity contribution in [3.05, 3.63) is 0 Å². The first kappa shape index (κ1) is 12.0. The Labute approximate surface area is 89.0 Å². The topological polar surface area (TPSA) is 66.8 Å². The molecule has 5 nitrogen and oxygen atoms in total. The zero-order valence-corrected chi connectivity index (χ0v) is 9.32. The minimum atomic E-state index is -0.845. The highest BCUT2D eigenvalue weighted by molar-refractivity contribution is 5.83. The largest absolute Gasteiger partial charge is 0.481 e. The molecule has 0 saturated carbocycles. The van der Waals surface area contributed by atoms with Crippen molar-refractivity contribution in [2.24, 2.45) is 5.41 Å². The Kier molecular flexibility index (Phi) is 3.34. The van der Waals surface area contributed by atoms with E-state index >= 15 is 0 Å². The second kappa shape index (κ2) is 4.18. The normalized spacial score (nSPS) is 27.8. The average molecular weight is 215 g/mol. The molecular weight excluding hydrogens is 198 g/mol. The van der Waals surface area contributed by atoms with E-state index in [4.69, 9.17) is 9.84 Å². The number of rotatable bonds is 3. The summed E-state index contributed by atoms with van der Waals surface area (Å²) in [5.74, 6) is -0.981. The fourth-order valence-corrected chi connectivity index (χ4v) is 1.68. The second-order valence-electron chi connectivity index (χ2n) is 4.25. The van der Waals surface area contributed by atoms with Gasteiger partial charge in [-0.1, -0.05) is 0 Å². The maximum Gasteiger partial charge on any atom is 0.311 e. The van der Waals surface area contributed by atoms with Crippen LogP contribution in [0, 0.1) is 5.41 Å². The number of nitrogens with zero attached hydrogens (tertiary/aromatic N) is 1. The molecule has 1 N–H and O–H groups in total. The summed E-state index contributed by atoms with van der Waals surface area (Å²) in [4.78, 5) is 24.2. The van der Waals surface area contributed by atoms with E-state index < -0.39 is 17.5 Å². The van der Waals surface area contributed by atoms with Gasteiger partial charge in [-0.05, 0) is 20.3 Å². The molecule has 0 aromatic heterocycles. The van der Waals surface area contributed by atoms with Crippen LogP contribution in [0.2, 0.25) is 0 Å². The monoisotopic (exact) mass is 215 g/mol. The van der Waals surface area contributed by atoms with Crippen molar-refractivity contribution in [1.29, 1.82) is 0 Å². The molecule has 1 saturated heterocycles. The third kappa shape index (κ3) is 2.28. The number of ether oxygens (including phenoxy) is 1. The predicted molar refractivity (Wildman–Crippen MR) is 53.4 cm³/mol. The van der Waals surface area contributed by atoms with E-state index in [-0.39, 0.29) is 12.5 Å². The first-order chi connectivity index (χ1) is 6.90. The molecule has 1 aliphatic rings. The Morgan fingerprint density at radius 1 is 1.53 bits per heavy atom. The molecule has 0 spiro atoms. The van der Waals surface area contributed by atoms with E-state index in [1.54, 1.807) is 18.7 Å². The van der Waals surface area contributed by atoms with Crippen molar-refractivity contribution >= 4 is 11.9 Å². The summed E-state index contributed by atoms with van der Waals surface area (Å²) in [6.45, 7) is 4.10. The van der Waals surface area contributed by atoms with Crippen molar-refractivity contribution in [1.82, 2.24) is 4.90 Å². The van der Waals surface area contributed by atoms with Gasteiger partial charge < -0.3 is 14.7 Å². The number of amides is 1. The minimum Gasteiger partial charge on any atom is -0.481 e. The van der Waals surface area contributed by atoms with Crippen LogP contribution in [-0.2, 0) is 14.3 Å². The first-order valence-corrected chi connectivity index (χ1v) is 4.96.